The average Bonchev–Trinajstić information content (AvgIpc) is 2.76. The number of carbonyl (C=O) groups excluding carboxylic acids is 1. The molecule has 0 saturated carbocycles. The van der Waals surface area contributed by atoms with E-state index < -0.39 is 5.91 Å². The molecular formula is C21H26ClN5O3. The first-order valence-corrected chi connectivity index (χ1v) is 10.2. The van der Waals surface area contributed by atoms with Crippen LogP contribution >= 0.6 is 11.6 Å². The van der Waals surface area contributed by atoms with Gasteiger partial charge in [-0.15, -0.1) is 0 Å². The minimum atomic E-state index is -0.407. The zero-order chi connectivity index (χ0) is 21.7. The van der Waals surface area contributed by atoms with E-state index in [0.717, 1.165) is 31.5 Å². The van der Waals surface area contributed by atoms with Crippen molar-refractivity contribution in [3.63, 3.8) is 0 Å². The van der Waals surface area contributed by atoms with Gasteiger partial charge in [-0.25, -0.2) is 15.0 Å². The van der Waals surface area contributed by atoms with Crippen LogP contribution in [0.2, 0.25) is 5.15 Å². The number of halogens is 1. The fraction of sp³-hybridized carbons (Fsp3) is 0.429. The van der Waals surface area contributed by atoms with Crippen LogP contribution in [0.25, 0.3) is 0 Å². The molecule has 2 aromatic rings. The topological polar surface area (TPSA) is 89.5 Å². The molecule has 8 nitrogen and oxygen atoms in total. The molecule has 0 radical (unpaired) electrons. The number of hydrogen-bond acceptors (Lipinski definition) is 7. The highest BCUT2D eigenvalue weighted by Crippen LogP contribution is 2.27. The number of rotatable bonds is 7. The number of anilines is 1. The molecule has 1 N–H and O–H groups in total. The van der Waals surface area contributed by atoms with Crippen LogP contribution in [0.4, 0.5) is 5.82 Å². The summed E-state index contributed by atoms with van der Waals surface area (Å²) in [5.41, 5.74) is 1.36. The number of piperidine rings is 1. The molecule has 0 aliphatic carbocycles. The average molecular weight is 432 g/mol. The van der Waals surface area contributed by atoms with Gasteiger partial charge in [0.25, 0.3) is 5.91 Å². The molecular weight excluding hydrogens is 406 g/mol. The Morgan fingerprint density at radius 2 is 2.07 bits per heavy atom. The summed E-state index contributed by atoms with van der Waals surface area (Å²) in [5, 5.41) is 2.97. The van der Waals surface area contributed by atoms with Gasteiger partial charge in [0.1, 0.15) is 22.8 Å². The smallest absolute Gasteiger partial charge is 0.293 e. The van der Waals surface area contributed by atoms with E-state index in [1.165, 1.54) is 0 Å². The number of aromatic nitrogens is 3. The van der Waals surface area contributed by atoms with Gasteiger partial charge in [-0.05, 0) is 19.4 Å². The van der Waals surface area contributed by atoms with Crippen molar-refractivity contribution in [3.8, 4) is 11.6 Å². The first-order chi connectivity index (χ1) is 14.4. The predicted molar refractivity (Wildman–Crippen MR) is 115 cm³/mol. The molecule has 0 aromatic carbocycles. The molecule has 3 rings (SSSR count). The Kier molecular flexibility index (Phi) is 7.10. The molecule has 0 spiro atoms. The number of methoxy groups -OCH3 is 1. The molecule has 2 aromatic heterocycles. The number of hydrogen-bond donors (Lipinski definition) is 1. The second-order valence-corrected chi connectivity index (χ2v) is 7.40. The fourth-order valence-electron chi connectivity index (χ4n) is 3.13. The highest BCUT2D eigenvalue weighted by Gasteiger charge is 2.25. The van der Waals surface area contributed by atoms with Crippen molar-refractivity contribution in [3.05, 3.63) is 47.1 Å². The lowest BCUT2D eigenvalue weighted by atomic mass is 10.1. The zero-order valence-corrected chi connectivity index (χ0v) is 18.2. The number of allylic oxidation sites excluding steroid dienone is 1. The molecule has 1 fully saturated rings. The van der Waals surface area contributed by atoms with Gasteiger partial charge in [0.05, 0.1) is 13.3 Å². The van der Waals surface area contributed by atoms with Crippen molar-refractivity contribution >= 4 is 23.3 Å². The summed E-state index contributed by atoms with van der Waals surface area (Å²) >= 11 is 6.29. The molecule has 30 heavy (non-hydrogen) atoms. The molecule has 1 amide bonds. The number of carbonyl (C=O) groups is 1. The summed E-state index contributed by atoms with van der Waals surface area (Å²) in [7, 11) is 1.58. The van der Waals surface area contributed by atoms with Gasteiger partial charge in [-0.3, -0.25) is 4.79 Å². The van der Waals surface area contributed by atoms with E-state index in [1.807, 2.05) is 19.9 Å². The summed E-state index contributed by atoms with van der Waals surface area (Å²) in [5.74, 6) is 1.57. The second kappa shape index (κ2) is 9.75. The van der Waals surface area contributed by atoms with Gasteiger partial charge in [-0.1, -0.05) is 25.1 Å². The molecule has 0 atom stereocenters. The summed E-state index contributed by atoms with van der Waals surface area (Å²) in [6.45, 7) is 9.01. The first-order valence-electron chi connectivity index (χ1n) is 9.86. The Labute approximate surface area is 181 Å². The molecule has 1 aliphatic heterocycles. The number of pyridine rings is 1. The highest BCUT2D eigenvalue weighted by atomic mass is 35.5. The van der Waals surface area contributed by atoms with E-state index in [9.17, 15) is 4.79 Å². The van der Waals surface area contributed by atoms with E-state index in [2.05, 4.69) is 31.7 Å². The van der Waals surface area contributed by atoms with E-state index in [0.29, 0.717) is 29.6 Å². The summed E-state index contributed by atoms with van der Waals surface area (Å²) < 4.78 is 11.1. The molecule has 0 bridgehead atoms. The SMILES string of the molecule is C=C(CC)NC(=O)c1nc(Cl)c(C)c(N2CCC(Oc3ccc(OC)nc3)CC2)n1. The van der Waals surface area contributed by atoms with Crippen LogP contribution in [-0.2, 0) is 0 Å². The van der Waals surface area contributed by atoms with E-state index in [-0.39, 0.29) is 17.1 Å². The molecule has 0 unspecified atom stereocenters. The highest BCUT2D eigenvalue weighted by molar-refractivity contribution is 6.30. The molecule has 1 saturated heterocycles. The monoisotopic (exact) mass is 431 g/mol. The van der Waals surface area contributed by atoms with E-state index in [1.54, 1.807) is 19.4 Å². The summed E-state index contributed by atoms with van der Waals surface area (Å²) in [4.78, 5) is 27.3. The Balaban J connectivity index is 1.66. The van der Waals surface area contributed by atoms with Gasteiger partial charge in [0, 0.05) is 43.3 Å². The van der Waals surface area contributed by atoms with Crippen molar-refractivity contribution in [1.29, 1.82) is 0 Å². The third-order valence-corrected chi connectivity index (χ3v) is 5.31. The maximum atomic E-state index is 12.4. The number of ether oxygens (including phenoxy) is 2. The first kappa shape index (κ1) is 21.8. The summed E-state index contributed by atoms with van der Waals surface area (Å²) in [6, 6.07) is 3.62. The van der Waals surface area contributed by atoms with Crippen LogP contribution in [-0.4, -0.2) is 47.2 Å². The minimum Gasteiger partial charge on any atom is -0.489 e. The normalized spacial score (nSPS) is 14.3. The van der Waals surface area contributed by atoms with Crippen LogP contribution in [0.1, 0.15) is 42.4 Å². The Hall–Kier alpha value is -2.87. The second-order valence-electron chi connectivity index (χ2n) is 7.04. The van der Waals surface area contributed by atoms with Gasteiger partial charge < -0.3 is 19.7 Å². The summed E-state index contributed by atoms with van der Waals surface area (Å²) in [6.07, 6.45) is 3.98. The van der Waals surface area contributed by atoms with Crippen LogP contribution in [0, 0.1) is 6.92 Å². The largest absolute Gasteiger partial charge is 0.489 e. The minimum absolute atomic E-state index is 0.0397. The van der Waals surface area contributed by atoms with Gasteiger partial charge in [0.2, 0.25) is 11.7 Å². The maximum Gasteiger partial charge on any atom is 0.293 e. The number of amides is 1. The van der Waals surface area contributed by atoms with Crippen LogP contribution < -0.4 is 19.7 Å². The van der Waals surface area contributed by atoms with Crippen molar-refractivity contribution in [2.24, 2.45) is 0 Å². The molecule has 3 heterocycles. The van der Waals surface area contributed by atoms with E-state index >= 15 is 0 Å². The lowest BCUT2D eigenvalue weighted by molar-refractivity contribution is 0.0954. The fourth-order valence-corrected chi connectivity index (χ4v) is 3.29. The number of nitrogens with one attached hydrogen (secondary N) is 1. The van der Waals surface area contributed by atoms with Crippen molar-refractivity contribution in [1.82, 2.24) is 20.3 Å². The lowest BCUT2D eigenvalue weighted by Crippen LogP contribution is -2.39. The quantitative estimate of drug-likeness (QED) is 0.670. The Morgan fingerprint density at radius 1 is 1.33 bits per heavy atom. The van der Waals surface area contributed by atoms with Crippen LogP contribution in [0.3, 0.4) is 0 Å². The zero-order valence-electron chi connectivity index (χ0n) is 17.4. The molecule has 1 aliphatic rings. The number of nitrogens with zero attached hydrogens (tertiary/aromatic N) is 4. The standard InChI is InChI=1S/C21H26ClN5O3/c1-5-13(2)24-21(28)19-25-18(22)14(3)20(26-19)27-10-8-15(9-11-27)30-16-6-7-17(29-4)23-12-16/h6-7,12,15H,2,5,8-11H2,1,3-4H3,(H,24,28). The van der Waals surface area contributed by atoms with Crippen LogP contribution in [0.5, 0.6) is 11.6 Å². The van der Waals surface area contributed by atoms with E-state index in [4.69, 9.17) is 21.1 Å². The van der Waals surface area contributed by atoms with Gasteiger partial charge in [0.15, 0.2) is 0 Å². The Morgan fingerprint density at radius 3 is 2.67 bits per heavy atom. The lowest BCUT2D eigenvalue weighted by Gasteiger charge is -2.33. The molecule has 160 valence electrons. The third kappa shape index (κ3) is 5.18. The van der Waals surface area contributed by atoms with Crippen molar-refractivity contribution in [2.45, 2.75) is 39.2 Å². The molecule has 9 heteroatoms. The van der Waals surface area contributed by atoms with Gasteiger partial charge in [-0.2, -0.15) is 0 Å². The van der Waals surface area contributed by atoms with Crippen LogP contribution in [0.15, 0.2) is 30.6 Å². The van der Waals surface area contributed by atoms with Crippen molar-refractivity contribution in [2.75, 3.05) is 25.1 Å². The van der Waals surface area contributed by atoms with Crippen molar-refractivity contribution < 1.29 is 14.3 Å². The third-order valence-electron chi connectivity index (χ3n) is 4.94. The predicted octanol–water partition coefficient (Wildman–Crippen LogP) is 3.54. The maximum absolute atomic E-state index is 12.4. The van der Waals surface area contributed by atoms with Gasteiger partial charge >= 0.3 is 0 Å². The Bertz CT molecular complexity index is 912.